The van der Waals surface area contributed by atoms with Gasteiger partial charge in [0.1, 0.15) is 0 Å². The van der Waals surface area contributed by atoms with Crippen molar-refractivity contribution in [3.63, 3.8) is 0 Å². The molecule has 0 spiro atoms. The largest absolute Gasteiger partial charge is 0.467 e. The van der Waals surface area contributed by atoms with E-state index in [1.54, 1.807) is 0 Å². The lowest BCUT2D eigenvalue weighted by Gasteiger charge is -2.37. The lowest BCUT2D eigenvalue weighted by atomic mass is 9.85. The van der Waals surface area contributed by atoms with Crippen LogP contribution in [0.3, 0.4) is 0 Å². The van der Waals surface area contributed by atoms with Crippen LogP contribution in [0.4, 0.5) is 0 Å². The summed E-state index contributed by atoms with van der Waals surface area (Å²) >= 11 is 0. The summed E-state index contributed by atoms with van der Waals surface area (Å²) in [6.07, 6.45) is 7.67. The van der Waals surface area contributed by atoms with E-state index in [2.05, 4.69) is 9.97 Å². The maximum absolute atomic E-state index is 12.5. The van der Waals surface area contributed by atoms with Crippen LogP contribution in [0.1, 0.15) is 42.5 Å². The third-order valence-corrected chi connectivity index (χ3v) is 6.44. The van der Waals surface area contributed by atoms with Gasteiger partial charge in [-0.2, -0.15) is 0 Å². The van der Waals surface area contributed by atoms with E-state index >= 15 is 0 Å². The van der Waals surface area contributed by atoms with Crippen LogP contribution < -0.4 is 4.74 Å². The van der Waals surface area contributed by atoms with Crippen LogP contribution in [-0.2, 0) is 10.8 Å². The number of aromatic nitrogens is 2. The summed E-state index contributed by atoms with van der Waals surface area (Å²) in [7, 11) is 0.756. The monoisotopic (exact) mass is 294 g/mol. The minimum Gasteiger partial charge on any atom is -0.467 e. The third kappa shape index (κ3) is 2.49. The van der Waals surface area contributed by atoms with Crippen molar-refractivity contribution in [1.82, 2.24) is 9.97 Å². The average Bonchev–Trinajstić information content (AvgIpc) is 2.46. The van der Waals surface area contributed by atoms with Gasteiger partial charge in [0.05, 0.1) is 12.7 Å². The van der Waals surface area contributed by atoms with Gasteiger partial charge in [-0.05, 0) is 25.7 Å². The Kier molecular flexibility index (Phi) is 3.83. The number of nitrogens with zero attached hydrogens (tertiary/aromatic N) is 2. The van der Waals surface area contributed by atoms with Crippen molar-refractivity contribution in [2.45, 2.75) is 42.6 Å². The van der Waals surface area contributed by atoms with Crippen LogP contribution in [-0.4, -0.2) is 37.6 Å². The Hall–Kier alpha value is -1.30. The summed E-state index contributed by atoms with van der Waals surface area (Å²) in [5, 5.41) is 0.409. The fourth-order valence-corrected chi connectivity index (χ4v) is 5.42. The number of ether oxygens (including phenoxy) is 1. The molecule has 2 aliphatic heterocycles. The molecule has 2 atom stereocenters. The molecule has 3 heterocycles. The number of carbonyl (C=O) groups is 1. The molecule has 2 bridgehead atoms. The second kappa shape index (κ2) is 5.60. The first kappa shape index (κ1) is 13.7. The standard InChI is InChI=1S/C14H18N2O3S/c1-19-14-15-7-10(8-16-14)13(17)9-5-11-3-2-4-12(6-9)20(11)18/h7-9,11-12H,2-6H2,1H3. The Bertz CT molecular complexity index is 516. The molecule has 2 aliphatic rings. The summed E-state index contributed by atoms with van der Waals surface area (Å²) < 4.78 is 17.0. The molecule has 3 rings (SSSR count). The van der Waals surface area contributed by atoms with Crippen molar-refractivity contribution in [2.24, 2.45) is 5.92 Å². The maximum Gasteiger partial charge on any atom is 0.316 e. The van der Waals surface area contributed by atoms with Gasteiger partial charge in [-0.25, -0.2) is 9.97 Å². The molecule has 6 heteroatoms. The predicted molar refractivity (Wildman–Crippen MR) is 75.2 cm³/mol. The predicted octanol–water partition coefficient (Wildman–Crippen LogP) is 1.75. The smallest absolute Gasteiger partial charge is 0.316 e. The van der Waals surface area contributed by atoms with Crippen molar-refractivity contribution in [1.29, 1.82) is 0 Å². The molecule has 108 valence electrons. The highest BCUT2D eigenvalue weighted by atomic mass is 32.2. The molecule has 0 aliphatic carbocycles. The van der Waals surface area contributed by atoms with E-state index in [0.29, 0.717) is 5.56 Å². The molecule has 0 radical (unpaired) electrons. The SMILES string of the molecule is COc1ncc(C(=O)C2CC3CCCC(C2)S3=O)cn1. The van der Waals surface area contributed by atoms with Crippen molar-refractivity contribution >= 4 is 16.6 Å². The Balaban J connectivity index is 1.75. The van der Waals surface area contributed by atoms with Gasteiger partial charge in [0.15, 0.2) is 5.78 Å². The van der Waals surface area contributed by atoms with Crippen LogP contribution in [0, 0.1) is 5.92 Å². The number of hydrogen-bond acceptors (Lipinski definition) is 5. The molecule has 1 aromatic heterocycles. The second-order valence-electron chi connectivity index (χ2n) is 5.49. The van der Waals surface area contributed by atoms with Gasteiger partial charge in [0.2, 0.25) is 0 Å². The highest BCUT2D eigenvalue weighted by Gasteiger charge is 2.40. The van der Waals surface area contributed by atoms with E-state index < -0.39 is 10.8 Å². The van der Waals surface area contributed by atoms with E-state index in [4.69, 9.17) is 4.74 Å². The van der Waals surface area contributed by atoms with Crippen LogP contribution in [0.2, 0.25) is 0 Å². The Morgan fingerprint density at radius 3 is 2.40 bits per heavy atom. The van der Waals surface area contributed by atoms with Gasteiger partial charge in [-0.3, -0.25) is 9.00 Å². The number of hydrogen-bond donors (Lipinski definition) is 0. The summed E-state index contributed by atoms with van der Waals surface area (Å²) in [5.41, 5.74) is 0.529. The minimum atomic E-state index is -0.738. The van der Waals surface area contributed by atoms with Gasteiger partial charge < -0.3 is 4.74 Å². The Morgan fingerprint density at radius 1 is 1.25 bits per heavy atom. The zero-order valence-corrected chi connectivity index (χ0v) is 12.3. The average molecular weight is 294 g/mol. The van der Waals surface area contributed by atoms with E-state index in [9.17, 15) is 9.00 Å². The Morgan fingerprint density at radius 2 is 1.85 bits per heavy atom. The van der Waals surface area contributed by atoms with E-state index in [1.165, 1.54) is 19.5 Å². The topological polar surface area (TPSA) is 69.2 Å². The third-order valence-electron chi connectivity index (χ3n) is 4.27. The number of Topliss-reactive ketones (excluding diaryl/α,β-unsaturated/α-hetero) is 1. The van der Waals surface area contributed by atoms with Crippen LogP contribution >= 0.6 is 0 Å². The summed E-state index contributed by atoms with van der Waals surface area (Å²) in [6.45, 7) is 0. The second-order valence-corrected chi connectivity index (χ2v) is 7.48. The maximum atomic E-state index is 12.5. The molecule has 2 fully saturated rings. The van der Waals surface area contributed by atoms with E-state index in [0.717, 1.165) is 32.1 Å². The van der Waals surface area contributed by atoms with Gasteiger partial charge in [0.25, 0.3) is 0 Å². The molecule has 0 amide bonds. The van der Waals surface area contributed by atoms with Crippen LogP contribution in [0.25, 0.3) is 0 Å². The number of fused-ring (bicyclic) bond motifs is 2. The number of carbonyl (C=O) groups excluding carboxylic acids is 1. The molecular weight excluding hydrogens is 276 g/mol. The highest BCUT2D eigenvalue weighted by molar-refractivity contribution is 7.86. The lowest BCUT2D eigenvalue weighted by molar-refractivity contribution is 0.0894. The molecule has 0 aromatic carbocycles. The normalized spacial score (nSPS) is 32.6. The first-order valence-corrected chi connectivity index (χ1v) is 8.26. The van der Waals surface area contributed by atoms with Gasteiger partial charge in [0, 0.05) is 39.6 Å². The number of methoxy groups -OCH3 is 1. The molecule has 5 nitrogen and oxygen atoms in total. The quantitative estimate of drug-likeness (QED) is 0.794. The fraction of sp³-hybridized carbons (Fsp3) is 0.643. The van der Waals surface area contributed by atoms with E-state index in [1.807, 2.05) is 0 Å². The number of rotatable bonds is 3. The van der Waals surface area contributed by atoms with E-state index in [-0.39, 0.29) is 28.2 Å². The van der Waals surface area contributed by atoms with Gasteiger partial charge in [-0.15, -0.1) is 0 Å². The summed E-state index contributed by atoms with van der Waals surface area (Å²) in [4.78, 5) is 20.5. The summed E-state index contributed by atoms with van der Waals surface area (Å²) in [5.74, 6) is 0.0567. The molecule has 0 N–H and O–H groups in total. The Labute approximate surface area is 120 Å². The molecule has 20 heavy (non-hydrogen) atoms. The lowest BCUT2D eigenvalue weighted by Crippen LogP contribution is -2.41. The van der Waals surface area contributed by atoms with Crippen LogP contribution in [0.5, 0.6) is 6.01 Å². The zero-order chi connectivity index (χ0) is 14.1. The highest BCUT2D eigenvalue weighted by Crippen LogP contribution is 2.38. The van der Waals surface area contributed by atoms with Gasteiger partial charge in [-0.1, -0.05) is 6.42 Å². The van der Waals surface area contributed by atoms with Crippen LogP contribution in [0.15, 0.2) is 12.4 Å². The van der Waals surface area contributed by atoms with Crippen molar-refractivity contribution in [2.75, 3.05) is 7.11 Å². The zero-order valence-electron chi connectivity index (χ0n) is 11.4. The molecule has 0 saturated carbocycles. The summed E-state index contributed by atoms with van der Waals surface area (Å²) in [6, 6.07) is 0.267. The molecule has 2 saturated heterocycles. The molecule has 2 unspecified atom stereocenters. The number of ketones is 1. The van der Waals surface area contributed by atoms with Gasteiger partial charge >= 0.3 is 6.01 Å². The van der Waals surface area contributed by atoms with Crippen molar-refractivity contribution in [3.8, 4) is 6.01 Å². The molecular formula is C14H18N2O3S. The minimum absolute atomic E-state index is 0.0278. The molecule has 1 aromatic rings. The first-order valence-electron chi connectivity index (χ1n) is 6.98. The van der Waals surface area contributed by atoms with Crippen molar-refractivity contribution in [3.05, 3.63) is 18.0 Å². The first-order chi connectivity index (χ1) is 9.69. The van der Waals surface area contributed by atoms with Crippen molar-refractivity contribution < 1.29 is 13.7 Å². The fourth-order valence-electron chi connectivity index (χ4n) is 3.23.